The largest absolute Gasteiger partial charge is 0.353 e. The summed E-state index contributed by atoms with van der Waals surface area (Å²) in [5, 5.41) is 8.22. The zero-order valence-corrected chi connectivity index (χ0v) is 16.1. The van der Waals surface area contributed by atoms with Crippen LogP contribution >= 0.6 is 11.6 Å². The number of benzene rings is 1. The van der Waals surface area contributed by atoms with Crippen LogP contribution in [0.25, 0.3) is 0 Å². The molecule has 5 amide bonds. The molecule has 0 saturated carbocycles. The number of urea groups is 1. The van der Waals surface area contributed by atoms with Crippen molar-refractivity contribution >= 4 is 35.4 Å². The van der Waals surface area contributed by atoms with Crippen LogP contribution in [0.3, 0.4) is 0 Å². The average molecular weight is 395 g/mol. The lowest BCUT2D eigenvalue weighted by Gasteiger charge is -2.23. The van der Waals surface area contributed by atoms with Crippen LogP contribution in [0.2, 0.25) is 5.02 Å². The Bertz CT molecular complexity index is 749. The van der Waals surface area contributed by atoms with E-state index in [-0.39, 0.29) is 31.4 Å². The Morgan fingerprint density at radius 3 is 2.33 bits per heavy atom. The van der Waals surface area contributed by atoms with Gasteiger partial charge in [-0.2, -0.15) is 0 Å². The van der Waals surface area contributed by atoms with Crippen molar-refractivity contribution in [2.24, 2.45) is 0 Å². The number of nitrogens with one attached hydrogen (secondary N) is 3. The molecule has 146 valence electrons. The molecule has 3 N–H and O–H groups in total. The van der Waals surface area contributed by atoms with Gasteiger partial charge in [0.05, 0.1) is 10.6 Å². The summed E-state index contributed by atoms with van der Waals surface area (Å²) in [6.45, 7) is 3.61. The van der Waals surface area contributed by atoms with Gasteiger partial charge in [-0.1, -0.05) is 37.6 Å². The van der Waals surface area contributed by atoms with Crippen LogP contribution in [-0.4, -0.2) is 53.8 Å². The van der Waals surface area contributed by atoms with Crippen molar-refractivity contribution in [3.8, 4) is 0 Å². The predicted octanol–water partition coefficient (Wildman–Crippen LogP) is 1.30. The second kappa shape index (κ2) is 8.85. The topological polar surface area (TPSA) is 108 Å². The molecule has 0 aromatic heterocycles. The molecule has 1 aliphatic heterocycles. The number of hydrogen-bond donors (Lipinski definition) is 3. The molecule has 2 rings (SSSR count). The predicted molar refractivity (Wildman–Crippen MR) is 100 cm³/mol. The zero-order valence-electron chi connectivity index (χ0n) is 15.3. The van der Waals surface area contributed by atoms with E-state index in [0.717, 1.165) is 4.90 Å². The third-order valence-electron chi connectivity index (χ3n) is 4.61. The first-order valence-corrected chi connectivity index (χ1v) is 9.16. The Morgan fingerprint density at radius 1 is 1.11 bits per heavy atom. The number of rotatable bonds is 8. The van der Waals surface area contributed by atoms with Crippen LogP contribution in [0.5, 0.6) is 0 Å². The van der Waals surface area contributed by atoms with Gasteiger partial charge in [0, 0.05) is 13.1 Å². The summed E-state index contributed by atoms with van der Waals surface area (Å²) < 4.78 is 0. The summed E-state index contributed by atoms with van der Waals surface area (Å²) in [5.41, 5.74) is -0.583. The normalized spacial score (nSPS) is 15.4. The fourth-order valence-corrected chi connectivity index (χ4v) is 3.09. The molecule has 0 atom stereocenters. The molecule has 1 aromatic carbocycles. The summed E-state index contributed by atoms with van der Waals surface area (Å²) >= 11 is 5.95. The molecule has 1 aliphatic rings. The Balaban J connectivity index is 1.78. The maximum absolute atomic E-state index is 12.4. The number of carbonyl (C=O) groups excluding carboxylic acids is 4. The Kier molecular flexibility index (Phi) is 6.79. The van der Waals surface area contributed by atoms with Crippen molar-refractivity contribution in [1.82, 2.24) is 20.9 Å². The highest BCUT2D eigenvalue weighted by atomic mass is 35.5. The van der Waals surface area contributed by atoms with Crippen molar-refractivity contribution in [3.05, 3.63) is 34.9 Å². The molecule has 0 aliphatic carbocycles. The maximum Gasteiger partial charge on any atom is 0.325 e. The highest BCUT2D eigenvalue weighted by molar-refractivity contribution is 6.33. The highest BCUT2D eigenvalue weighted by Gasteiger charge is 2.49. The highest BCUT2D eigenvalue weighted by Crippen LogP contribution is 2.24. The SMILES string of the molecule is CCC1(CC)NC(=O)N(CC(=O)NCCNC(=O)c2ccccc2Cl)C1=O. The van der Waals surface area contributed by atoms with Crippen molar-refractivity contribution in [2.75, 3.05) is 19.6 Å². The number of carbonyl (C=O) groups is 4. The molecule has 27 heavy (non-hydrogen) atoms. The Labute approximate surface area is 162 Å². The first kappa shape index (κ1) is 20.7. The zero-order chi connectivity index (χ0) is 20.0. The quantitative estimate of drug-likeness (QED) is 0.456. The molecule has 1 aromatic rings. The van der Waals surface area contributed by atoms with E-state index in [1.807, 2.05) is 13.8 Å². The van der Waals surface area contributed by atoms with Crippen LogP contribution < -0.4 is 16.0 Å². The molecule has 0 radical (unpaired) electrons. The number of hydrogen-bond acceptors (Lipinski definition) is 4. The van der Waals surface area contributed by atoms with E-state index >= 15 is 0 Å². The van der Waals surface area contributed by atoms with Crippen LogP contribution in [0.15, 0.2) is 24.3 Å². The maximum atomic E-state index is 12.4. The number of halogens is 1. The minimum Gasteiger partial charge on any atom is -0.353 e. The average Bonchev–Trinajstić information content (AvgIpc) is 2.90. The summed E-state index contributed by atoms with van der Waals surface area (Å²) in [6, 6.07) is 6.07. The van der Waals surface area contributed by atoms with Crippen molar-refractivity contribution < 1.29 is 19.2 Å². The number of nitrogens with zero attached hydrogens (tertiary/aromatic N) is 1. The van der Waals surface area contributed by atoms with Gasteiger partial charge in [0.15, 0.2) is 0 Å². The number of imide groups is 1. The molecule has 9 heteroatoms. The van der Waals surface area contributed by atoms with Gasteiger partial charge in [-0.25, -0.2) is 4.79 Å². The fourth-order valence-electron chi connectivity index (χ4n) is 2.87. The molecular weight excluding hydrogens is 372 g/mol. The van der Waals surface area contributed by atoms with Gasteiger partial charge in [0.2, 0.25) is 5.91 Å². The van der Waals surface area contributed by atoms with Crippen LogP contribution in [0, 0.1) is 0 Å². The van der Waals surface area contributed by atoms with E-state index in [4.69, 9.17) is 11.6 Å². The van der Waals surface area contributed by atoms with Crippen molar-refractivity contribution in [2.45, 2.75) is 32.2 Å². The molecule has 0 bridgehead atoms. The lowest BCUT2D eigenvalue weighted by molar-refractivity contribution is -0.135. The van der Waals surface area contributed by atoms with E-state index in [1.165, 1.54) is 0 Å². The van der Waals surface area contributed by atoms with E-state index < -0.39 is 17.5 Å². The van der Waals surface area contributed by atoms with Gasteiger partial charge < -0.3 is 16.0 Å². The third-order valence-corrected chi connectivity index (χ3v) is 4.94. The molecular formula is C18H23ClN4O4. The molecule has 8 nitrogen and oxygen atoms in total. The van der Waals surface area contributed by atoms with E-state index in [2.05, 4.69) is 16.0 Å². The lowest BCUT2D eigenvalue weighted by atomic mass is 9.93. The number of amides is 5. The summed E-state index contributed by atoms with van der Waals surface area (Å²) in [4.78, 5) is 49.4. The van der Waals surface area contributed by atoms with Crippen molar-refractivity contribution in [1.29, 1.82) is 0 Å². The first-order chi connectivity index (χ1) is 12.8. The standard InChI is InChI=1S/C18H23ClN4O4/c1-3-18(4-2)16(26)23(17(27)22-18)11-14(24)20-9-10-21-15(25)12-7-5-6-8-13(12)19/h5-8H,3-4,9-11H2,1-2H3,(H,20,24)(H,21,25)(H,22,27). The monoisotopic (exact) mass is 394 g/mol. The summed E-state index contributed by atoms with van der Waals surface area (Å²) in [5.74, 6) is -1.22. The molecule has 1 heterocycles. The van der Waals surface area contributed by atoms with Gasteiger partial charge in [-0.15, -0.1) is 0 Å². The van der Waals surface area contributed by atoms with E-state index in [1.54, 1.807) is 24.3 Å². The second-order valence-electron chi connectivity index (χ2n) is 6.20. The van der Waals surface area contributed by atoms with Gasteiger partial charge in [-0.3, -0.25) is 19.3 Å². The minimum atomic E-state index is -0.930. The molecule has 1 saturated heterocycles. The van der Waals surface area contributed by atoms with Gasteiger partial charge >= 0.3 is 6.03 Å². The fraction of sp³-hybridized carbons (Fsp3) is 0.444. The van der Waals surface area contributed by atoms with Crippen molar-refractivity contribution in [3.63, 3.8) is 0 Å². The summed E-state index contributed by atoms with van der Waals surface area (Å²) in [7, 11) is 0. The van der Waals surface area contributed by atoms with Gasteiger partial charge in [-0.05, 0) is 25.0 Å². The molecule has 0 unspecified atom stereocenters. The van der Waals surface area contributed by atoms with Crippen LogP contribution in [-0.2, 0) is 9.59 Å². The second-order valence-corrected chi connectivity index (χ2v) is 6.60. The first-order valence-electron chi connectivity index (χ1n) is 8.78. The smallest absolute Gasteiger partial charge is 0.325 e. The summed E-state index contributed by atoms with van der Waals surface area (Å²) in [6.07, 6.45) is 0.917. The third kappa shape index (κ3) is 4.57. The van der Waals surface area contributed by atoms with Crippen LogP contribution in [0.1, 0.15) is 37.0 Å². The lowest BCUT2D eigenvalue weighted by Crippen LogP contribution is -2.47. The van der Waals surface area contributed by atoms with Gasteiger partial charge in [0.1, 0.15) is 12.1 Å². The van der Waals surface area contributed by atoms with Crippen LogP contribution in [0.4, 0.5) is 4.79 Å². The van der Waals surface area contributed by atoms with E-state index in [0.29, 0.717) is 23.4 Å². The van der Waals surface area contributed by atoms with Gasteiger partial charge in [0.25, 0.3) is 11.8 Å². The van der Waals surface area contributed by atoms with E-state index in [9.17, 15) is 19.2 Å². The molecule has 0 spiro atoms. The Morgan fingerprint density at radius 2 is 1.74 bits per heavy atom. The minimum absolute atomic E-state index is 0.158. The Hall–Kier alpha value is -2.61. The molecule has 1 fully saturated rings.